The lowest BCUT2D eigenvalue weighted by atomic mass is 9.93. The van der Waals surface area contributed by atoms with Crippen molar-refractivity contribution in [3.05, 3.63) is 34.9 Å². The van der Waals surface area contributed by atoms with Crippen molar-refractivity contribution >= 4 is 23.6 Å². The van der Waals surface area contributed by atoms with Crippen molar-refractivity contribution in [1.82, 2.24) is 25.3 Å². The Kier molecular flexibility index (Phi) is 7.27. The van der Waals surface area contributed by atoms with Gasteiger partial charge in [0.25, 0.3) is 11.8 Å². The van der Waals surface area contributed by atoms with Crippen LogP contribution in [0.2, 0.25) is 0 Å². The summed E-state index contributed by atoms with van der Waals surface area (Å²) in [7, 11) is 0. The topological polar surface area (TPSA) is 102 Å². The van der Waals surface area contributed by atoms with Crippen LogP contribution in [0.3, 0.4) is 0 Å². The van der Waals surface area contributed by atoms with E-state index in [1.54, 1.807) is 6.07 Å². The van der Waals surface area contributed by atoms with E-state index in [4.69, 9.17) is 0 Å². The number of carbonyl (C=O) groups excluding carboxylic acids is 4. The average Bonchev–Trinajstić information content (AvgIpc) is 3.10. The Bertz CT molecular complexity index is 1010. The summed E-state index contributed by atoms with van der Waals surface area (Å²) in [6.07, 6.45) is 5.25. The van der Waals surface area contributed by atoms with Crippen molar-refractivity contribution in [2.24, 2.45) is 5.92 Å². The molecule has 0 aliphatic carbocycles. The first-order chi connectivity index (χ1) is 17.0. The van der Waals surface area contributed by atoms with Crippen LogP contribution in [0, 0.1) is 5.92 Å². The van der Waals surface area contributed by atoms with Gasteiger partial charge in [0.15, 0.2) is 0 Å². The molecule has 1 aromatic carbocycles. The van der Waals surface area contributed by atoms with Crippen LogP contribution in [0.15, 0.2) is 18.2 Å². The van der Waals surface area contributed by atoms with E-state index in [0.717, 1.165) is 56.3 Å². The fourth-order valence-electron chi connectivity index (χ4n) is 5.94. The third-order valence-corrected chi connectivity index (χ3v) is 7.81. The molecular formula is C26H35N5O4. The molecule has 0 aromatic heterocycles. The fourth-order valence-corrected chi connectivity index (χ4v) is 5.94. The lowest BCUT2D eigenvalue weighted by Gasteiger charge is -2.33. The number of nitrogens with one attached hydrogen (secondary N) is 2. The summed E-state index contributed by atoms with van der Waals surface area (Å²) in [5, 5.41) is 5.65. The van der Waals surface area contributed by atoms with Gasteiger partial charge in [-0.25, -0.2) is 0 Å². The predicted octanol–water partition coefficient (Wildman–Crippen LogP) is 0.985. The SMILES string of the molecule is O=C1CCC(N2C(=O)c3ccc(CN4CCCC(CCCN5CCNCC5)C4)cc3C2=O)C(=O)N1. The van der Waals surface area contributed by atoms with Crippen LogP contribution >= 0.6 is 0 Å². The third kappa shape index (κ3) is 5.32. The van der Waals surface area contributed by atoms with Crippen LogP contribution < -0.4 is 10.6 Å². The summed E-state index contributed by atoms with van der Waals surface area (Å²) in [6.45, 7) is 8.53. The van der Waals surface area contributed by atoms with Gasteiger partial charge in [-0.3, -0.25) is 34.3 Å². The molecule has 2 atom stereocenters. The predicted molar refractivity (Wildman–Crippen MR) is 130 cm³/mol. The monoisotopic (exact) mass is 481 g/mol. The van der Waals surface area contributed by atoms with Gasteiger partial charge in [0, 0.05) is 45.7 Å². The van der Waals surface area contributed by atoms with E-state index in [-0.39, 0.29) is 18.7 Å². The summed E-state index contributed by atoms with van der Waals surface area (Å²) >= 11 is 0. The number of amides is 4. The van der Waals surface area contributed by atoms with Crippen molar-refractivity contribution in [2.45, 2.75) is 51.1 Å². The van der Waals surface area contributed by atoms with E-state index in [9.17, 15) is 19.2 Å². The highest BCUT2D eigenvalue weighted by molar-refractivity contribution is 6.23. The summed E-state index contributed by atoms with van der Waals surface area (Å²) < 4.78 is 0. The number of nitrogens with zero attached hydrogens (tertiary/aromatic N) is 3. The minimum atomic E-state index is -0.924. The fraction of sp³-hybridized carbons (Fsp3) is 0.615. The Hall–Kier alpha value is -2.62. The van der Waals surface area contributed by atoms with Gasteiger partial charge in [0.1, 0.15) is 6.04 Å². The summed E-state index contributed by atoms with van der Waals surface area (Å²) in [5.41, 5.74) is 1.71. The Balaban J connectivity index is 1.17. The first-order valence-electron chi connectivity index (χ1n) is 13.0. The van der Waals surface area contributed by atoms with Crippen LogP contribution in [-0.2, 0) is 16.1 Å². The number of fused-ring (bicyclic) bond motifs is 1. The molecule has 35 heavy (non-hydrogen) atoms. The highest BCUT2D eigenvalue weighted by Gasteiger charge is 2.44. The molecule has 3 saturated heterocycles. The van der Waals surface area contributed by atoms with Crippen molar-refractivity contribution in [1.29, 1.82) is 0 Å². The highest BCUT2D eigenvalue weighted by atomic mass is 16.2. The largest absolute Gasteiger partial charge is 0.314 e. The molecule has 2 unspecified atom stereocenters. The molecule has 0 radical (unpaired) electrons. The molecule has 1 aromatic rings. The molecule has 4 amide bonds. The van der Waals surface area contributed by atoms with Crippen molar-refractivity contribution < 1.29 is 19.2 Å². The van der Waals surface area contributed by atoms with Gasteiger partial charge in [-0.1, -0.05) is 6.07 Å². The normalized spacial score (nSPS) is 26.2. The Morgan fingerprint density at radius 1 is 0.914 bits per heavy atom. The van der Waals surface area contributed by atoms with Crippen LogP contribution in [-0.4, -0.2) is 90.2 Å². The summed E-state index contributed by atoms with van der Waals surface area (Å²) in [5.74, 6) is -1.13. The van der Waals surface area contributed by atoms with Crippen LogP contribution in [0.5, 0.6) is 0 Å². The maximum atomic E-state index is 13.1. The second-order valence-corrected chi connectivity index (χ2v) is 10.3. The van der Waals surface area contributed by atoms with E-state index in [1.165, 1.54) is 32.2 Å². The number of piperazine rings is 1. The number of rotatable bonds is 7. The van der Waals surface area contributed by atoms with E-state index < -0.39 is 23.8 Å². The van der Waals surface area contributed by atoms with Gasteiger partial charge < -0.3 is 10.2 Å². The van der Waals surface area contributed by atoms with Crippen LogP contribution in [0.4, 0.5) is 0 Å². The summed E-state index contributed by atoms with van der Waals surface area (Å²) in [6, 6.07) is 4.53. The number of carbonyl (C=O) groups is 4. The zero-order valence-corrected chi connectivity index (χ0v) is 20.3. The smallest absolute Gasteiger partial charge is 0.262 e. The highest BCUT2D eigenvalue weighted by Crippen LogP contribution is 2.29. The average molecular weight is 482 g/mol. The Morgan fingerprint density at radius 3 is 2.51 bits per heavy atom. The Morgan fingerprint density at radius 2 is 1.71 bits per heavy atom. The number of likely N-dealkylation sites (tertiary alicyclic amines) is 1. The molecule has 2 N–H and O–H groups in total. The van der Waals surface area contributed by atoms with E-state index in [2.05, 4.69) is 20.4 Å². The minimum Gasteiger partial charge on any atom is -0.314 e. The molecule has 4 aliphatic heterocycles. The van der Waals surface area contributed by atoms with Crippen molar-refractivity contribution in [2.75, 3.05) is 45.8 Å². The molecule has 0 saturated carbocycles. The van der Waals surface area contributed by atoms with Gasteiger partial charge in [-0.05, 0) is 68.8 Å². The molecule has 0 bridgehead atoms. The van der Waals surface area contributed by atoms with E-state index in [1.807, 2.05) is 12.1 Å². The van der Waals surface area contributed by atoms with E-state index >= 15 is 0 Å². The first-order valence-corrected chi connectivity index (χ1v) is 13.0. The molecule has 3 fully saturated rings. The number of benzene rings is 1. The third-order valence-electron chi connectivity index (χ3n) is 7.81. The van der Waals surface area contributed by atoms with Gasteiger partial charge in [0.05, 0.1) is 11.1 Å². The molecule has 9 heteroatoms. The minimum absolute atomic E-state index is 0.125. The molecule has 4 aliphatic rings. The number of piperidine rings is 2. The molecule has 9 nitrogen and oxygen atoms in total. The second kappa shape index (κ2) is 10.6. The Labute approximate surface area is 206 Å². The molecule has 188 valence electrons. The molecule has 5 rings (SSSR count). The zero-order chi connectivity index (χ0) is 24.4. The van der Waals surface area contributed by atoms with Gasteiger partial charge in [-0.2, -0.15) is 0 Å². The molecular weight excluding hydrogens is 446 g/mol. The second-order valence-electron chi connectivity index (χ2n) is 10.3. The lowest BCUT2D eigenvalue weighted by Crippen LogP contribution is -2.54. The number of hydrogen-bond donors (Lipinski definition) is 2. The van der Waals surface area contributed by atoms with Crippen LogP contribution in [0.25, 0.3) is 0 Å². The van der Waals surface area contributed by atoms with E-state index in [0.29, 0.717) is 17.0 Å². The molecule has 4 heterocycles. The first kappa shape index (κ1) is 24.1. The van der Waals surface area contributed by atoms with Gasteiger partial charge in [0.2, 0.25) is 11.8 Å². The standard InChI is InChI=1S/C26H35N5O4/c32-23-8-7-22(24(33)28-23)31-25(34)20-6-5-19(15-21(20)26(31)35)17-30-12-2-4-18(16-30)3-1-11-29-13-9-27-10-14-29/h5-6,15,18,22,27H,1-4,7-14,16-17H2,(H,28,32,33). The maximum Gasteiger partial charge on any atom is 0.262 e. The van der Waals surface area contributed by atoms with Crippen molar-refractivity contribution in [3.8, 4) is 0 Å². The van der Waals surface area contributed by atoms with Crippen molar-refractivity contribution in [3.63, 3.8) is 0 Å². The lowest BCUT2D eigenvalue weighted by molar-refractivity contribution is -0.136. The quantitative estimate of drug-likeness (QED) is 0.560. The van der Waals surface area contributed by atoms with Crippen LogP contribution in [0.1, 0.15) is 64.8 Å². The maximum absolute atomic E-state index is 13.1. The van der Waals surface area contributed by atoms with Gasteiger partial charge >= 0.3 is 0 Å². The number of imide groups is 2. The zero-order valence-electron chi connectivity index (χ0n) is 20.3. The molecule has 0 spiro atoms. The summed E-state index contributed by atoms with van der Waals surface area (Å²) in [4.78, 5) is 55.8. The number of hydrogen-bond acceptors (Lipinski definition) is 7. The van der Waals surface area contributed by atoms with Gasteiger partial charge in [-0.15, -0.1) is 0 Å².